The molecule has 0 bridgehead atoms. The van der Waals surface area contributed by atoms with Crippen LogP contribution in [0.25, 0.3) is 22.0 Å². The van der Waals surface area contributed by atoms with E-state index in [2.05, 4.69) is 55.6 Å². The van der Waals surface area contributed by atoms with Crippen LogP contribution in [-0.2, 0) is 19.6 Å². The van der Waals surface area contributed by atoms with Crippen LogP contribution in [0.4, 0.5) is 13.2 Å². The van der Waals surface area contributed by atoms with Crippen LogP contribution in [0.5, 0.6) is 17.2 Å². The van der Waals surface area contributed by atoms with Crippen molar-refractivity contribution in [2.45, 2.75) is 32.4 Å². The summed E-state index contributed by atoms with van der Waals surface area (Å²) in [6.07, 6.45) is -1.82. The lowest BCUT2D eigenvalue weighted by Crippen LogP contribution is -2.45. The highest BCUT2D eigenvalue weighted by atomic mass is 19.4. The van der Waals surface area contributed by atoms with Crippen LogP contribution in [0, 0.1) is 0 Å². The van der Waals surface area contributed by atoms with E-state index in [4.69, 9.17) is 15.2 Å². The van der Waals surface area contributed by atoms with Crippen molar-refractivity contribution in [3.63, 3.8) is 0 Å². The molecule has 4 aromatic rings. The van der Waals surface area contributed by atoms with Crippen LogP contribution in [0.2, 0.25) is 0 Å². The van der Waals surface area contributed by atoms with Crippen molar-refractivity contribution < 1.29 is 27.4 Å². The van der Waals surface area contributed by atoms with Crippen LogP contribution in [0.15, 0.2) is 66.9 Å². The van der Waals surface area contributed by atoms with Gasteiger partial charge in [-0.3, -0.25) is 9.80 Å². The lowest BCUT2D eigenvalue weighted by atomic mass is 10.0. The Kier molecular flexibility index (Phi) is 9.25. The number of piperazine rings is 1. The molecule has 0 aliphatic carbocycles. The standard InChI is InChI=1S/C32H37F3N4O3/c1-40-27-16-24(17-28(19-27)41-2)21-38-14-12-37(13-15-38)20-23-4-9-31-29(18-23)30(22-39(31)11-3-10-36)25-5-7-26(8-6-25)42-32(33,34)35/h4-9,16-19,22H,3,10-15,20-21,36H2,1-2H3. The van der Waals surface area contributed by atoms with Crippen LogP contribution >= 0.6 is 0 Å². The summed E-state index contributed by atoms with van der Waals surface area (Å²) in [7, 11) is 3.33. The number of benzene rings is 3. The Morgan fingerprint density at radius 1 is 0.762 bits per heavy atom. The summed E-state index contributed by atoms with van der Waals surface area (Å²) in [6, 6.07) is 18.6. The second-order valence-electron chi connectivity index (χ2n) is 10.6. The Morgan fingerprint density at radius 3 is 1.95 bits per heavy atom. The van der Waals surface area contributed by atoms with Crippen molar-refractivity contribution in [3.8, 4) is 28.4 Å². The summed E-state index contributed by atoms with van der Waals surface area (Å²) in [5, 5.41) is 1.07. The molecule has 1 aromatic heterocycles. The van der Waals surface area contributed by atoms with Crippen LogP contribution < -0.4 is 19.9 Å². The van der Waals surface area contributed by atoms with Crippen LogP contribution in [-0.4, -0.2) is 67.7 Å². The quantitative estimate of drug-likeness (QED) is 0.238. The normalized spacial score (nSPS) is 14.8. The minimum absolute atomic E-state index is 0.233. The summed E-state index contributed by atoms with van der Waals surface area (Å²) in [5.74, 6) is 1.35. The highest BCUT2D eigenvalue weighted by molar-refractivity contribution is 5.96. The lowest BCUT2D eigenvalue weighted by molar-refractivity contribution is -0.274. The van der Waals surface area contributed by atoms with Gasteiger partial charge in [0.2, 0.25) is 0 Å². The van der Waals surface area contributed by atoms with Gasteiger partial charge in [0.15, 0.2) is 0 Å². The Morgan fingerprint density at radius 2 is 1.38 bits per heavy atom. The SMILES string of the molecule is COc1cc(CN2CCN(Cc3ccc4c(c3)c(-c3ccc(OC(F)(F)F)cc3)cn4CCCN)CC2)cc(OC)c1. The van der Waals surface area contributed by atoms with E-state index in [1.54, 1.807) is 26.4 Å². The third kappa shape index (κ3) is 7.36. The Hall–Kier alpha value is -3.73. The lowest BCUT2D eigenvalue weighted by Gasteiger charge is -2.34. The number of halogens is 3. The van der Waals surface area contributed by atoms with Gasteiger partial charge in [-0.15, -0.1) is 13.2 Å². The molecule has 0 radical (unpaired) electrons. The molecule has 0 amide bonds. The van der Waals surface area contributed by atoms with Gasteiger partial charge in [-0.2, -0.15) is 0 Å². The predicted molar refractivity (Wildman–Crippen MR) is 158 cm³/mol. The number of nitrogens with zero attached hydrogens (tertiary/aromatic N) is 3. The molecule has 10 heteroatoms. The number of ether oxygens (including phenoxy) is 3. The Labute approximate surface area is 244 Å². The van der Waals surface area contributed by atoms with Crippen LogP contribution in [0.3, 0.4) is 0 Å². The van der Waals surface area contributed by atoms with Crippen LogP contribution in [0.1, 0.15) is 17.5 Å². The molecule has 0 unspecified atom stereocenters. The molecule has 0 atom stereocenters. The van der Waals surface area contributed by atoms with E-state index in [-0.39, 0.29) is 5.75 Å². The fraction of sp³-hybridized carbons (Fsp3) is 0.375. The fourth-order valence-electron chi connectivity index (χ4n) is 5.54. The minimum atomic E-state index is -4.72. The summed E-state index contributed by atoms with van der Waals surface area (Å²) in [4.78, 5) is 4.90. The number of alkyl halides is 3. The fourth-order valence-corrected chi connectivity index (χ4v) is 5.54. The molecule has 1 fully saturated rings. The summed E-state index contributed by atoms with van der Waals surface area (Å²) in [5.41, 5.74) is 11.0. The van der Waals surface area contributed by atoms with E-state index in [0.29, 0.717) is 6.54 Å². The van der Waals surface area contributed by atoms with Crippen molar-refractivity contribution in [1.29, 1.82) is 0 Å². The van der Waals surface area contributed by atoms with Crippen molar-refractivity contribution >= 4 is 10.9 Å². The molecule has 1 aliphatic rings. The average Bonchev–Trinajstić information content (AvgIpc) is 3.34. The number of fused-ring (bicyclic) bond motifs is 1. The maximum atomic E-state index is 12.7. The zero-order valence-corrected chi connectivity index (χ0v) is 24.0. The van der Waals surface area contributed by atoms with Gasteiger partial charge in [0.25, 0.3) is 0 Å². The molecule has 42 heavy (non-hydrogen) atoms. The number of methoxy groups -OCH3 is 2. The van der Waals surface area contributed by atoms with Gasteiger partial charge in [-0.1, -0.05) is 18.2 Å². The first-order chi connectivity index (χ1) is 20.2. The molecule has 1 aliphatic heterocycles. The zero-order chi connectivity index (χ0) is 29.7. The highest BCUT2D eigenvalue weighted by Crippen LogP contribution is 2.34. The monoisotopic (exact) mass is 582 g/mol. The number of aryl methyl sites for hydroxylation is 1. The average molecular weight is 583 g/mol. The zero-order valence-electron chi connectivity index (χ0n) is 24.0. The topological polar surface area (TPSA) is 65.1 Å². The summed E-state index contributed by atoms with van der Waals surface area (Å²) >= 11 is 0. The van der Waals surface area contributed by atoms with E-state index in [9.17, 15) is 13.2 Å². The molecule has 7 nitrogen and oxygen atoms in total. The maximum Gasteiger partial charge on any atom is 0.573 e. The van der Waals surface area contributed by atoms with E-state index in [1.165, 1.54) is 17.7 Å². The molecule has 5 rings (SSSR count). The van der Waals surface area contributed by atoms with Gasteiger partial charge in [0, 0.05) is 74.5 Å². The van der Waals surface area contributed by atoms with Gasteiger partial charge in [-0.05, 0) is 66.1 Å². The molecular weight excluding hydrogens is 545 g/mol. The van der Waals surface area contributed by atoms with Crippen molar-refractivity contribution in [2.75, 3.05) is 46.9 Å². The van der Waals surface area contributed by atoms with Crippen molar-refractivity contribution in [3.05, 3.63) is 78.0 Å². The number of hydrogen-bond donors (Lipinski definition) is 1. The summed E-state index contributed by atoms with van der Waals surface area (Å²) in [6.45, 7) is 6.80. The molecule has 224 valence electrons. The van der Waals surface area contributed by atoms with Gasteiger partial charge >= 0.3 is 6.36 Å². The Balaban J connectivity index is 1.29. The highest BCUT2D eigenvalue weighted by Gasteiger charge is 2.31. The molecule has 0 saturated carbocycles. The molecule has 2 heterocycles. The first-order valence-corrected chi connectivity index (χ1v) is 14.1. The Bertz CT molecular complexity index is 1460. The first-order valence-electron chi connectivity index (χ1n) is 14.1. The van der Waals surface area contributed by atoms with E-state index in [0.717, 1.165) is 91.3 Å². The smallest absolute Gasteiger partial charge is 0.497 e. The maximum absolute atomic E-state index is 12.7. The second kappa shape index (κ2) is 13.1. The first kappa shape index (κ1) is 29.8. The minimum Gasteiger partial charge on any atom is -0.497 e. The predicted octanol–water partition coefficient (Wildman–Crippen LogP) is 5.89. The van der Waals surface area contributed by atoms with E-state index < -0.39 is 6.36 Å². The second-order valence-corrected chi connectivity index (χ2v) is 10.6. The molecule has 2 N–H and O–H groups in total. The molecule has 1 saturated heterocycles. The van der Waals surface area contributed by atoms with Crippen molar-refractivity contribution in [1.82, 2.24) is 14.4 Å². The largest absolute Gasteiger partial charge is 0.573 e. The van der Waals surface area contributed by atoms with Gasteiger partial charge < -0.3 is 24.5 Å². The molecule has 0 spiro atoms. The van der Waals surface area contributed by atoms with Gasteiger partial charge in [0.1, 0.15) is 17.2 Å². The number of rotatable bonds is 11. The molecule has 3 aromatic carbocycles. The molecular formula is C32H37F3N4O3. The van der Waals surface area contributed by atoms with Crippen molar-refractivity contribution in [2.24, 2.45) is 5.73 Å². The van der Waals surface area contributed by atoms with Gasteiger partial charge in [-0.25, -0.2) is 0 Å². The number of hydrogen-bond acceptors (Lipinski definition) is 6. The van der Waals surface area contributed by atoms with Gasteiger partial charge in [0.05, 0.1) is 14.2 Å². The van der Waals surface area contributed by atoms with E-state index in [1.807, 2.05) is 6.07 Å². The number of aromatic nitrogens is 1. The van der Waals surface area contributed by atoms with E-state index >= 15 is 0 Å². The third-order valence-corrected chi connectivity index (χ3v) is 7.64. The third-order valence-electron chi connectivity index (χ3n) is 7.64. The summed E-state index contributed by atoms with van der Waals surface area (Å²) < 4.78 is 55.0. The number of nitrogens with two attached hydrogens (primary N) is 1.